The fourth-order valence-electron chi connectivity index (χ4n) is 1.51. The molecule has 2 aromatic rings. The predicted octanol–water partition coefficient (Wildman–Crippen LogP) is 1.60. The summed E-state index contributed by atoms with van der Waals surface area (Å²) in [5, 5.41) is 6.47. The molecule has 0 radical (unpaired) electrons. The molecule has 0 bridgehead atoms. The normalized spacial score (nSPS) is 10.2. The highest BCUT2D eigenvalue weighted by molar-refractivity contribution is 6.39. The third kappa shape index (κ3) is 3.48. The van der Waals surface area contributed by atoms with Crippen LogP contribution in [0, 0.1) is 5.82 Å². The molecule has 6 heteroatoms. The number of carbonyl (C=O) groups excluding carboxylic acids is 2. The maximum atomic E-state index is 12.7. The quantitative estimate of drug-likeness (QED) is 0.850. The molecule has 0 aliphatic heterocycles. The Hall–Kier alpha value is -2.50. The highest BCUT2D eigenvalue weighted by Gasteiger charge is 2.08. The molecular formula is C13H12FN3O2. The number of nitrogens with one attached hydrogen (secondary N) is 1. The Labute approximate surface area is 109 Å². The first-order valence-electron chi connectivity index (χ1n) is 5.63. The fraction of sp³-hybridized carbons (Fsp3) is 0.154. The maximum Gasteiger partial charge on any atom is 0.291 e. The molecule has 0 aliphatic carbocycles. The lowest BCUT2D eigenvalue weighted by molar-refractivity contribution is -0.133. The van der Waals surface area contributed by atoms with Crippen molar-refractivity contribution in [1.29, 1.82) is 0 Å². The van der Waals surface area contributed by atoms with Gasteiger partial charge in [0.1, 0.15) is 5.82 Å². The van der Waals surface area contributed by atoms with Crippen molar-refractivity contribution >= 4 is 17.4 Å². The van der Waals surface area contributed by atoms with E-state index < -0.39 is 11.7 Å². The van der Waals surface area contributed by atoms with Crippen LogP contribution in [-0.4, -0.2) is 21.5 Å². The molecule has 0 spiro atoms. The summed E-state index contributed by atoms with van der Waals surface area (Å²) in [6.07, 6.45) is 3.05. The number of aromatic nitrogens is 2. The zero-order chi connectivity index (χ0) is 13.8. The lowest BCUT2D eigenvalue weighted by Crippen LogP contribution is -2.19. The third-order valence-corrected chi connectivity index (χ3v) is 2.47. The summed E-state index contributed by atoms with van der Waals surface area (Å²) >= 11 is 0. The van der Waals surface area contributed by atoms with Crippen molar-refractivity contribution in [2.75, 3.05) is 5.32 Å². The molecule has 0 unspecified atom stereocenters. The van der Waals surface area contributed by atoms with Crippen LogP contribution in [0.4, 0.5) is 10.1 Å². The zero-order valence-corrected chi connectivity index (χ0v) is 10.3. The van der Waals surface area contributed by atoms with Gasteiger partial charge in [-0.25, -0.2) is 4.39 Å². The first-order chi connectivity index (χ1) is 9.04. The number of carbonyl (C=O) groups is 2. The van der Waals surface area contributed by atoms with Gasteiger partial charge in [0.05, 0.1) is 18.4 Å². The van der Waals surface area contributed by atoms with Crippen LogP contribution in [0.2, 0.25) is 0 Å². The number of anilines is 1. The van der Waals surface area contributed by atoms with Crippen LogP contribution < -0.4 is 5.32 Å². The molecule has 0 atom stereocenters. The zero-order valence-electron chi connectivity index (χ0n) is 10.3. The predicted molar refractivity (Wildman–Crippen MR) is 67.0 cm³/mol. The maximum absolute atomic E-state index is 12.7. The second-order valence-electron chi connectivity index (χ2n) is 4.06. The average Bonchev–Trinajstić information content (AvgIpc) is 2.79. The van der Waals surface area contributed by atoms with Crippen molar-refractivity contribution < 1.29 is 14.0 Å². The first kappa shape index (κ1) is 12.9. The number of ketones is 1. The van der Waals surface area contributed by atoms with Gasteiger partial charge >= 0.3 is 0 Å². The van der Waals surface area contributed by atoms with Crippen LogP contribution in [0.15, 0.2) is 36.7 Å². The van der Waals surface area contributed by atoms with E-state index in [0.29, 0.717) is 12.2 Å². The van der Waals surface area contributed by atoms with E-state index in [0.717, 1.165) is 5.56 Å². The molecule has 0 saturated carbocycles. The topological polar surface area (TPSA) is 64.0 Å². The molecule has 0 saturated heterocycles. The lowest BCUT2D eigenvalue weighted by atomic mass is 10.2. The van der Waals surface area contributed by atoms with E-state index in [-0.39, 0.29) is 5.82 Å². The molecule has 19 heavy (non-hydrogen) atoms. The standard InChI is InChI=1S/C13H12FN3O2/c1-9(18)13(19)16-12-6-15-17(8-12)7-10-2-4-11(14)5-3-10/h2-6,8H,7H2,1H3,(H,16,19). The summed E-state index contributed by atoms with van der Waals surface area (Å²) in [6, 6.07) is 6.06. The summed E-state index contributed by atoms with van der Waals surface area (Å²) in [5.74, 6) is -1.54. The minimum Gasteiger partial charge on any atom is -0.317 e. The van der Waals surface area contributed by atoms with Crippen molar-refractivity contribution in [3.8, 4) is 0 Å². The Morgan fingerprint density at radius 2 is 2.00 bits per heavy atom. The monoisotopic (exact) mass is 261 g/mol. The summed E-state index contributed by atoms with van der Waals surface area (Å²) < 4.78 is 14.3. The number of hydrogen-bond acceptors (Lipinski definition) is 3. The lowest BCUT2D eigenvalue weighted by Gasteiger charge is -2.01. The molecule has 0 fully saturated rings. The van der Waals surface area contributed by atoms with Gasteiger partial charge in [-0.3, -0.25) is 14.3 Å². The van der Waals surface area contributed by atoms with Crippen LogP contribution >= 0.6 is 0 Å². The summed E-state index contributed by atoms with van der Waals surface area (Å²) in [7, 11) is 0. The van der Waals surface area contributed by atoms with Crippen molar-refractivity contribution in [2.45, 2.75) is 13.5 Å². The number of halogens is 1. The number of hydrogen-bond donors (Lipinski definition) is 1. The van der Waals surface area contributed by atoms with Gasteiger partial charge in [0, 0.05) is 13.1 Å². The van der Waals surface area contributed by atoms with E-state index in [1.54, 1.807) is 23.0 Å². The Kier molecular flexibility index (Phi) is 3.70. The van der Waals surface area contributed by atoms with Gasteiger partial charge in [0.2, 0.25) is 5.78 Å². The van der Waals surface area contributed by atoms with Crippen molar-refractivity contribution in [3.05, 3.63) is 48.0 Å². The second-order valence-corrected chi connectivity index (χ2v) is 4.06. The molecule has 1 aromatic heterocycles. The third-order valence-electron chi connectivity index (χ3n) is 2.47. The minimum atomic E-state index is -0.679. The molecule has 1 heterocycles. The Morgan fingerprint density at radius 3 is 2.63 bits per heavy atom. The van der Waals surface area contributed by atoms with E-state index >= 15 is 0 Å². The molecule has 1 amide bonds. The molecule has 98 valence electrons. The molecule has 5 nitrogen and oxygen atoms in total. The van der Waals surface area contributed by atoms with Crippen molar-refractivity contribution in [1.82, 2.24) is 9.78 Å². The first-order valence-corrected chi connectivity index (χ1v) is 5.63. The largest absolute Gasteiger partial charge is 0.317 e. The molecule has 0 aliphatic rings. The van der Waals surface area contributed by atoms with Gasteiger partial charge in [-0.15, -0.1) is 0 Å². The second kappa shape index (κ2) is 5.43. The van der Waals surface area contributed by atoms with Crippen LogP contribution in [0.3, 0.4) is 0 Å². The Bertz CT molecular complexity index is 605. The molecular weight excluding hydrogens is 249 g/mol. The van der Waals surface area contributed by atoms with Gasteiger partial charge in [-0.1, -0.05) is 12.1 Å². The van der Waals surface area contributed by atoms with E-state index in [9.17, 15) is 14.0 Å². The number of Topliss-reactive ketones (excluding diaryl/α,β-unsaturated/α-hetero) is 1. The van der Waals surface area contributed by atoms with Crippen molar-refractivity contribution in [2.24, 2.45) is 0 Å². The van der Waals surface area contributed by atoms with Gasteiger partial charge in [0.25, 0.3) is 5.91 Å². The van der Waals surface area contributed by atoms with Crippen molar-refractivity contribution in [3.63, 3.8) is 0 Å². The number of amides is 1. The smallest absolute Gasteiger partial charge is 0.291 e. The van der Waals surface area contributed by atoms with E-state index in [2.05, 4.69) is 10.4 Å². The average molecular weight is 261 g/mol. The minimum absolute atomic E-state index is 0.293. The Balaban J connectivity index is 2.03. The van der Waals surface area contributed by atoms with Gasteiger partial charge < -0.3 is 5.32 Å². The van der Waals surface area contributed by atoms with Gasteiger partial charge in [-0.05, 0) is 17.7 Å². The Morgan fingerprint density at radius 1 is 1.32 bits per heavy atom. The summed E-state index contributed by atoms with van der Waals surface area (Å²) in [5.41, 5.74) is 1.33. The SMILES string of the molecule is CC(=O)C(=O)Nc1cnn(Cc2ccc(F)cc2)c1. The number of rotatable bonds is 4. The van der Waals surface area contributed by atoms with Gasteiger partial charge in [-0.2, -0.15) is 5.10 Å². The van der Waals surface area contributed by atoms with Gasteiger partial charge in [0.15, 0.2) is 0 Å². The van der Waals surface area contributed by atoms with Crippen LogP contribution in [0.5, 0.6) is 0 Å². The molecule has 1 N–H and O–H groups in total. The van der Waals surface area contributed by atoms with Crippen LogP contribution in [0.25, 0.3) is 0 Å². The molecule has 2 rings (SSSR count). The summed E-state index contributed by atoms with van der Waals surface area (Å²) in [4.78, 5) is 22.0. The fourth-order valence-corrected chi connectivity index (χ4v) is 1.51. The number of nitrogens with zero attached hydrogens (tertiary/aromatic N) is 2. The van der Waals surface area contributed by atoms with Crippen LogP contribution in [-0.2, 0) is 16.1 Å². The number of benzene rings is 1. The summed E-state index contributed by atoms with van der Waals surface area (Å²) in [6.45, 7) is 1.65. The highest BCUT2D eigenvalue weighted by atomic mass is 19.1. The van der Waals surface area contributed by atoms with E-state index in [1.807, 2.05) is 0 Å². The van der Waals surface area contributed by atoms with E-state index in [1.165, 1.54) is 25.3 Å². The highest BCUT2D eigenvalue weighted by Crippen LogP contribution is 2.09. The van der Waals surface area contributed by atoms with Crippen LogP contribution in [0.1, 0.15) is 12.5 Å². The molecule has 1 aromatic carbocycles. The van der Waals surface area contributed by atoms with E-state index in [4.69, 9.17) is 0 Å².